The van der Waals surface area contributed by atoms with E-state index in [9.17, 15) is 30.3 Å². The summed E-state index contributed by atoms with van der Waals surface area (Å²) < 4.78 is 38.1. The monoisotopic (exact) mass is 910 g/mol. The van der Waals surface area contributed by atoms with E-state index in [1.165, 1.54) is 20.4 Å². The maximum Gasteiger partial charge on any atom is 0.311 e. The molecule has 19 heteroatoms. The summed E-state index contributed by atoms with van der Waals surface area (Å²) in [7, 11) is 5.28. The summed E-state index contributed by atoms with van der Waals surface area (Å²) in [6.07, 6.45) is -5.16. The molecule has 2 aromatic heterocycles. The molecule has 0 saturated carbocycles. The normalized spacial score (nSPS) is 42.5. The molecule has 5 heterocycles. The van der Waals surface area contributed by atoms with Crippen LogP contribution in [0.25, 0.3) is 11.2 Å². The van der Waals surface area contributed by atoms with E-state index in [4.69, 9.17) is 28.4 Å². The summed E-state index contributed by atoms with van der Waals surface area (Å²) in [5.74, 6) is -2.18. The average molecular weight is 910 g/mol. The summed E-state index contributed by atoms with van der Waals surface area (Å²) >= 11 is 0. The van der Waals surface area contributed by atoms with Gasteiger partial charge in [0.1, 0.15) is 41.9 Å². The van der Waals surface area contributed by atoms with Crippen LogP contribution in [0.4, 0.5) is 5.82 Å². The number of aliphatic hydroxyl groups is 5. The predicted octanol–water partition coefficient (Wildman–Crippen LogP) is 2.44. The van der Waals surface area contributed by atoms with Gasteiger partial charge in [0.2, 0.25) is 0 Å². The Morgan fingerprint density at radius 1 is 0.984 bits per heavy atom. The van der Waals surface area contributed by atoms with Crippen LogP contribution in [-0.2, 0) is 33.2 Å². The Morgan fingerprint density at radius 3 is 2.34 bits per heavy atom. The Hall–Kier alpha value is -2.66. The van der Waals surface area contributed by atoms with Gasteiger partial charge in [0.15, 0.2) is 24.0 Å². The number of hydrogen-bond donors (Lipinski definition) is 7. The molecule has 3 aliphatic rings. The second kappa shape index (κ2) is 21.5. The zero-order valence-electron chi connectivity index (χ0n) is 40.3. The van der Waals surface area contributed by atoms with Crippen molar-refractivity contribution in [3.63, 3.8) is 0 Å². The molecule has 64 heavy (non-hydrogen) atoms. The molecule has 0 amide bonds. The van der Waals surface area contributed by atoms with Crippen LogP contribution in [-0.4, -0.2) is 192 Å². The van der Waals surface area contributed by atoms with Crippen molar-refractivity contribution in [2.45, 2.75) is 192 Å². The van der Waals surface area contributed by atoms with Crippen molar-refractivity contribution in [3.8, 4) is 0 Å². The van der Waals surface area contributed by atoms with E-state index in [0.29, 0.717) is 49.5 Å². The maximum absolute atomic E-state index is 14.5. The highest BCUT2D eigenvalue weighted by Gasteiger charge is 2.53. The molecule has 19 nitrogen and oxygen atoms in total. The molecule has 5 rings (SSSR count). The Balaban J connectivity index is 1.53. The number of imidazole rings is 1. The maximum atomic E-state index is 14.5. The second-order valence-corrected chi connectivity index (χ2v) is 19.8. The predicted molar refractivity (Wildman–Crippen MR) is 238 cm³/mol. The molecule has 7 N–H and O–H groups in total. The average Bonchev–Trinajstić information content (AvgIpc) is 3.73. The number of hydrogen-bond acceptors (Lipinski definition) is 18. The molecule has 0 aromatic carbocycles. The van der Waals surface area contributed by atoms with Gasteiger partial charge in [-0.2, -0.15) is 0 Å². The highest BCUT2D eigenvalue weighted by Crippen LogP contribution is 2.40. The van der Waals surface area contributed by atoms with E-state index in [1.54, 1.807) is 40.9 Å². The third kappa shape index (κ3) is 11.7. The zero-order valence-corrected chi connectivity index (χ0v) is 40.3. The lowest BCUT2D eigenvalue weighted by molar-refractivity contribution is -0.318. The SMILES string of the molecule is CC[C@H]1OC(=O)[C@H](C)[C@@H](OC2C[C@@](C)(OC)[C@@H](O)[C@H](C)O2)[C@H](C)[C@@H](O[C@@H]2O[C@H](C)C[C@H](N(C)C)[C@H]2O)[C@](C)(O)C[C@@H](C)CN(CCCNc2ncnc3nc[nH]c23)[C@H](C)[C@@H](O)[C@]1(C)O. The molecule has 3 saturated heterocycles. The van der Waals surface area contributed by atoms with E-state index < -0.39 is 96.0 Å². The second-order valence-electron chi connectivity index (χ2n) is 19.8. The van der Waals surface area contributed by atoms with Crippen LogP contribution < -0.4 is 5.32 Å². The molecular weight excluding hydrogens is 831 g/mol. The van der Waals surface area contributed by atoms with Gasteiger partial charge in [-0.3, -0.25) is 9.69 Å². The van der Waals surface area contributed by atoms with Crippen molar-refractivity contribution in [2.75, 3.05) is 46.2 Å². The lowest BCUT2D eigenvalue weighted by Crippen LogP contribution is -2.60. The Morgan fingerprint density at radius 2 is 1.69 bits per heavy atom. The first kappa shape index (κ1) is 52.3. The minimum atomic E-state index is -1.89. The van der Waals surface area contributed by atoms with Crippen molar-refractivity contribution >= 4 is 23.0 Å². The number of aromatic nitrogens is 4. The van der Waals surface area contributed by atoms with Crippen LogP contribution in [0.2, 0.25) is 0 Å². The van der Waals surface area contributed by atoms with Crippen LogP contribution in [0.3, 0.4) is 0 Å². The third-order valence-corrected chi connectivity index (χ3v) is 14.2. The van der Waals surface area contributed by atoms with Gasteiger partial charge >= 0.3 is 5.97 Å². The number of nitrogens with zero attached hydrogens (tertiary/aromatic N) is 5. The first-order valence-corrected chi connectivity index (χ1v) is 23.1. The summed E-state index contributed by atoms with van der Waals surface area (Å²) in [4.78, 5) is 34.4. The first-order valence-electron chi connectivity index (χ1n) is 23.1. The standard InChI is InChI=1S/C45H79N7O12/c1-14-31-45(10,58)36(54)28(6)52(17-15-16-46-39-33-40(48-22-47-33)50-23-49-39)21-24(2)19-43(8,57)38(64-42-34(53)30(51(11)12)18-25(3)60-42)26(4)35(27(5)41(56)62-31)63-32-20-44(9,59-13)37(55)29(7)61-32/h22-32,34-38,42,53-55,57-58H,14-21H2,1-13H3,(H2,46,47,48,49,50)/t24-,25-,26+,27-,28-,29+,30+,31-,32?,34-,35+,36-,37+,38-,42+,43-,44-,45-/m1/s1. The summed E-state index contributed by atoms with van der Waals surface area (Å²) in [5, 5.41) is 63.2. The lowest BCUT2D eigenvalue weighted by atomic mass is 9.77. The van der Waals surface area contributed by atoms with Gasteiger partial charge in [-0.15, -0.1) is 0 Å². The zero-order chi connectivity index (χ0) is 47.5. The van der Waals surface area contributed by atoms with E-state index in [-0.39, 0.29) is 37.3 Å². The molecule has 3 aliphatic heterocycles. The number of rotatable bonds is 12. The van der Waals surface area contributed by atoms with E-state index in [2.05, 4.69) is 30.2 Å². The van der Waals surface area contributed by atoms with E-state index >= 15 is 0 Å². The van der Waals surface area contributed by atoms with E-state index in [1.807, 2.05) is 46.7 Å². The Bertz CT molecular complexity index is 1790. The minimum absolute atomic E-state index is 0.111. The molecule has 366 valence electrons. The van der Waals surface area contributed by atoms with Gasteiger partial charge in [0.05, 0.1) is 47.9 Å². The fourth-order valence-electron chi connectivity index (χ4n) is 10.3. The molecule has 3 fully saturated rings. The van der Waals surface area contributed by atoms with Gasteiger partial charge in [-0.1, -0.05) is 20.8 Å². The largest absolute Gasteiger partial charge is 0.459 e. The summed E-state index contributed by atoms with van der Waals surface area (Å²) in [5.41, 5.74) is -3.34. The number of likely N-dealkylation sites (N-methyl/N-ethyl adjacent to an activating group) is 1. The Kier molecular flexibility index (Phi) is 17.6. The van der Waals surface area contributed by atoms with Gasteiger partial charge in [-0.25, -0.2) is 15.0 Å². The highest BCUT2D eigenvalue weighted by atomic mass is 16.7. The van der Waals surface area contributed by atoms with Crippen molar-refractivity contribution in [1.29, 1.82) is 0 Å². The number of methoxy groups -OCH3 is 1. The topological polar surface area (TPSA) is 247 Å². The number of fused-ring (bicyclic) bond motifs is 1. The number of aliphatic hydroxyl groups excluding tert-OH is 3. The quantitative estimate of drug-likeness (QED) is 0.119. The molecule has 0 radical (unpaired) electrons. The Labute approximate surface area is 378 Å². The number of carbonyl (C=O) groups is 1. The van der Waals surface area contributed by atoms with Crippen molar-refractivity contribution in [1.82, 2.24) is 29.7 Å². The van der Waals surface area contributed by atoms with Gasteiger partial charge in [0, 0.05) is 51.2 Å². The number of H-pyrrole nitrogens is 1. The highest BCUT2D eigenvalue weighted by molar-refractivity contribution is 5.81. The fourth-order valence-corrected chi connectivity index (χ4v) is 10.3. The van der Waals surface area contributed by atoms with Crippen LogP contribution in [0.15, 0.2) is 12.7 Å². The number of aromatic amines is 1. The number of anilines is 1. The molecule has 0 spiro atoms. The number of carbonyl (C=O) groups excluding carboxylic acids is 1. The molecule has 0 bridgehead atoms. The number of ether oxygens (including phenoxy) is 6. The van der Waals surface area contributed by atoms with Crippen LogP contribution >= 0.6 is 0 Å². The summed E-state index contributed by atoms with van der Waals surface area (Å²) in [6.45, 7) is 19.0. The summed E-state index contributed by atoms with van der Waals surface area (Å²) in [6, 6.07) is -0.940. The van der Waals surface area contributed by atoms with Crippen LogP contribution in [0.1, 0.15) is 101 Å². The van der Waals surface area contributed by atoms with Gasteiger partial charge in [0.25, 0.3) is 0 Å². The molecule has 1 unspecified atom stereocenters. The minimum Gasteiger partial charge on any atom is -0.459 e. The van der Waals surface area contributed by atoms with Crippen molar-refractivity contribution in [2.24, 2.45) is 17.8 Å². The third-order valence-electron chi connectivity index (χ3n) is 14.2. The molecule has 2 aromatic rings. The number of cyclic esters (lactones) is 1. The fraction of sp³-hybridized carbons (Fsp3) is 0.867. The number of nitrogens with one attached hydrogen (secondary N) is 2. The molecular formula is C45H79N7O12. The molecule has 0 aliphatic carbocycles. The van der Waals surface area contributed by atoms with Crippen molar-refractivity contribution < 1.29 is 58.7 Å². The van der Waals surface area contributed by atoms with Crippen LogP contribution in [0, 0.1) is 17.8 Å². The number of esters is 1. The first-order chi connectivity index (χ1) is 29.9. The molecule has 18 atom stereocenters. The van der Waals surface area contributed by atoms with Gasteiger partial charge < -0.3 is 69.2 Å². The van der Waals surface area contributed by atoms with Crippen LogP contribution in [0.5, 0.6) is 0 Å². The van der Waals surface area contributed by atoms with Crippen molar-refractivity contribution in [3.05, 3.63) is 12.7 Å². The van der Waals surface area contributed by atoms with Gasteiger partial charge in [-0.05, 0) is 94.2 Å². The smallest absolute Gasteiger partial charge is 0.311 e. The van der Waals surface area contributed by atoms with E-state index in [0.717, 1.165) is 0 Å². The lowest BCUT2D eigenvalue weighted by Gasteiger charge is -2.48.